The molecular weight excluding hydrogens is 386 g/mol. The van der Waals surface area contributed by atoms with Gasteiger partial charge in [-0.2, -0.15) is 0 Å². The van der Waals surface area contributed by atoms with Crippen LogP contribution >= 0.6 is 15.9 Å². The number of aromatic nitrogens is 2. The van der Waals surface area contributed by atoms with Gasteiger partial charge in [0.2, 0.25) is 5.95 Å². The van der Waals surface area contributed by atoms with Crippen LogP contribution in [0, 0.1) is 12.8 Å². The fourth-order valence-corrected chi connectivity index (χ4v) is 2.71. The van der Waals surface area contributed by atoms with Gasteiger partial charge in [-0.25, -0.2) is 15.8 Å². The van der Waals surface area contributed by atoms with Gasteiger partial charge in [-0.05, 0) is 37.5 Å². The molecule has 2 aromatic rings. The van der Waals surface area contributed by atoms with Crippen LogP contribution in [-0.2, 0) is 0 Å². The summed E-state index contributed by atoms with van der Waals surface area (Å²) in [7, 11) is 0. The smallest absolute Gasteiger partial charge is 0.269 e. The Labute approximate surface area is 155 Å². The summed E-state index contributed by atoms with van der Waals surface area (Å²) >= 11 is 3.45. The minimum atomic E-state index is -0.486. The van der Waals surface area contributed by atoms with Gasteiger partial charge < -0.3 is 10.5 Å². The van der Waals surface area contributed by atoms with Crippen LogP contribution < -0.4 is 21.7 Å². The third-order valence-electron chi connectivity index (χ3n) is 3.61. The number of benzene rings is 1. The number of nitrogen functional groups attached to an aromatic ring is 2. The van der Waals surface area contributed by atoms with Crippen LogP contribution in [0.2, 0.25) is 0 Å². The van der Waals surface area contributed by atoms with Crippen molar-refractivity contribution in [3.8, 4) is 17.0 Å². The third kappa shape index (κ3) is 4.67. The van der Waals surface area contributed by atoms with Gasteiger partial charge in [0.25, 0.3) is 5.91 Å². The number of hydrogen-bond acceptors (Lipinski definition) is 6. The maximum Gasteiger partial charge on any atom is 0.269 e. The average molecular weight is 408 g/mol. The predicted octanol–water partition coefficient (Wildman–Crippen LogP) is 2.83. The van der Waals surface area contributed by atoms with Crippen LogP contribution in [0.1, 0.15) is 36.3 Å². The first-order valence-corrected chi connectivity index (χ1v) is 8.70. The number of hydrogen-bond donors (Lipinski definition) is 3. The number of halogens is 1. The van der Waals surface area contributed by atoms with Crippen molar-refractivity contribution in [3.05, 3.63) is 33.9 Å². The second kappa shape index (κ2) is 8.26. The highest BCUT2D eigenvalue weighted by Gasteiger charge is 2.21. The van der Waals surface area contributed by atoms with E-state index in [1.54, 1.807) is 6.92 Å². The van der Waals surface area contributed by atoms with Crippen molar-refractivity contribution in [3.63, 3.8) is 0 Å². The predicted molar refractivity (Wildman–Crippen MR) is 101 cm³/mol. The van der Waals surface area contributed by atoms with Crippen molar-refractivity contribution in [2.24, 2.45) is 11.8 Å². The summed E-state index contributed by atoms with van der Waals surface area (Å²) in [6.45, 7) is 6.50. The molecule has 25 heavy (non-hydrogen) atoms. The highest BCUT2D eigenvalue weighted by atomic mass is 79.9. The molecule has 7 nitrogen and oxygen atoms in total. The van der Waals surface area contributed by atoms with Gasteiger partial charge >= 0.3 is 0 Å². The number of nitrogens with two attached hydrogens (primary N) is 2. The van der Waals surface area contributed by atoms with Gasteiger partial charge in [0.1, 0.15) is 5.75 Å². The minimum absolute atomic E-state index is 0.0779. The van der Waals surface area contributed by atoms with E-state index in [1.165, 1.54) is 0 Å². The number of anilines is 1. The third-order valence-corrected chi connectivity index (χ3v) is 4.11. The topological polar surface area (TPSA) is 116 Å². The van der Waals surface area contributed by atoms with Gasteiger partial charge in [0.15, 0.2) is 0 Å². The van der Waals surface area contributed by atoms with Crippen LogP contribution in [0.4, 0.5) is 5.95 Å². The number of amides is 1. The second-order valence-electron chi connectivity index (χ2n) is 6.04. The molecule has 0 saturated carbocycles. The number of rotatable bonds is 6. The van der Waals surface area contributed by atoms with Gasteiger partial charge in [-0.15, -0.1) is 0 Å². The summed E-state index contributed by atoms with van der Waals surface area (Å²) in [5.41, 5.74) is 9.67. The molecule has 0 aliphatic rings. The molecule has 0 atom stereocenters. The molecule has 0 spiro atoms. The van der Waals surface area contributed by atoms with Crippen LogP contribution in [0.5, 0.6) is 5.75 Å². The van der Waals surface area contributed by atoms with Crippen LogP contribution in [0.3, 0.4) is 0 Å². The van der Waals surface area contributed by atoms with E-state index in [0.717, 1.165) is 10.9 Å². The SMILES string of the molecule is Cc1nc(N)nc(-c2cc(Br)ccc2OCCC(C)C)c1C(=O)NN. The Morgan fingerprint density at radius 3 is 2.72 bits per heavy atom. The van der Waals surface area contributed by atoms with E-state index < -0.39 is 5.91 Å². The fraction of sp³-hybridized carbons (Fsp3) is 0.353. The van der Waals surface area contributed by atoms with Crippen LogP contribution in [-0.4, -0.2) is 22.5 Å². The molecule has 1 heterocycles. The van der Waals surface area contributed by atoms with Gasteiger partial charge in [-0.1, -0.05) is 29.8 Å². The highest BCUT2D eigenvalue weighted by molar-refractivity contribution is 9.10. The fourth-order valence-electron chi connectivity index (χ4n) is 2.35. The lowest BCUT2D eigenvalue weighted by Gasteiger charge is -2.16. The Bertz CT molecular complexity index is 780. The molecule has 134 valence electrons. The van der Waals surface area contributed by atoms with E-state index in [4.69, 9.17) is 16.3 Å². The van der Waals surface area contributed by atoms with Gasteiger partial charge in [0, 0.05) is 10.0 Å². The summed E-state index contributed by atoms with van der Waals surface area (Å²) < 4.78 is 6.75. The second-order valence-corrected chi connectivity index (χ2v) is 6.95. The van der Waals surface area contributed by atoms with E-state index in [9.17, 15) is 4.79 Å². The van der Waals surface area contributed by atoms with Crippen LogP contribution in [0.25, 0.3) is 11.3 Å². The molecule has 8 heteroatoms. The first kappa shape index (κ1) is 19.1. The monoisotopic (exact) mass is 407 g/mol. The maximum atomic E-state index is 12.2. The van der Waals surface area contributed by atoms with Crippen molar-refractivity contribution in [1.82, 2.24) is 15.4 Å². The minimum Gasteiger partial charge on any atom is -0.493 e. The molecule has 1 aromatic heterocycles. The largest absolute Gasteiger partial charge is 0.493 e. The van der Waals surface area contributed by atoms with Gasteiger partial charge in [0.05, 0.1) is 23.6 Å². The maximum absolute atomic E-state index is 12.2. The number of carbonyl (C=O) groups is 1. The summed E-state index contributed by atoms with van der Waals surface area (Å²) in [6, 6.07) is 5.53. The van der Waals surface area contributed by atoms with Crippen molar-refractivity contribution in [2.75, 3.05) is 12.3 Å². The first-order valence-electron chi connectivity index (χ1n) is 7.91. The first-order chi connectivity index (χ1) is 11.8. The number of carbonyl (C=O) groups excluding carboxylic acids is 1. The summed E-state index contributed by atoms with van der Waals surface area (Å²) in [5, 5.41) is 0. The lowest BCUT2D eigenvalue weighted by molar-refractivity contribution is 0.0953. The number of nitrogens with zero attached hydrogens (tertiary/aromatic N) is 2. The molecule has 0 saturated heterocycles. The summed E-state index contributed by atoms with van der Waals surface area (Å²) in [5.74, 6) is 6.05. The van der Waals surface area contributed by atoms with Crippen molar-refractivity contribution >= 4 is 27.8 Å². The van der Waals surface area contributed by atoms with Crippen molar-refractivity contribution in [2.45, 2.75) is 27.2 Å². The molecule has 0 radical (unpaired) electrons. The molecule has 0 bridgehead atoms. The zero-order valence-corrected chi connectivity index (χ0v) is 16.1. The normalized spacial score (nSPS) is 10.8. The highest BCUT2D eigenvalue weighted by Crippen LogP contribution is 2.35. The van der Waals surface area contributed by atoms with Crippen molar-refractivity contribution in [1.29, 1.82) is 0 Å². The van der Waals surface area contributed by atoms with Crippen LogP contribution in [0.15, 0.2) is 22.7 Å². The Morgan fingerprint density at radius 2 is 2.08 bits per heavy atom. The number of aryl methyl sites for hydroxylation is 1. The zero-order chi connectivity index (χ0) is 18.6. The Kier molecular flexibility index (Phi) is 6.33. The number of hydrazine groups is 1. The van der Waals surface area contributed by atoms with Gasteiger partial charge in [-0.3, -0.25) is 10.2 Å². The van der Waals surface area contributed by atoms with E-state index >= 15 is 0 Å². The molecule has 0 fully saturated rings. The molecule has 0 unspecified atom stereocenters. The lowest BCUT2D eigenvalue weighted by Crippen LogP contribution is -2.31. The molecule has 5 N–H and O–H groups in total. The Hall–Kier alpha value is -2.19. The Balaban J connectivity index is 2.57. The molecule has 0 aliphatic heterocycles. The summed E-state index contributed by atoms with van der Waals surface area (Å²) in [6.07, 6.45) is 0.913. The number of ether oxygens (including phenoxy) is 1. The van der Waals surface area contributed by atoms with E-state index in [-0.39, 0.29) is 11.5 Å². The quantitative estimate of drug-likeness (QED) is 0.385. The molecule has 1 aromatic carbocycles. The lowest BCUT2D eigenvalue weighted by atomic mass is 10.0. The van der Waals surface area contributed by atoms with Crippen molar-refractivity contribution < 1.29 is 9.53 Å². The summed E-state index contributed by atoms with van der Waals surface area (Å²) in [4.78, 5) is 20.6. The number of nitrogens with one attached hydrogen (secondary N) is 1. The molecule has 1 amide bonds. The molecular formula is C17H22BrN5O2. The molecule has 2 rings (SSSR count). The van der Waals surface area contributed by atoms with E-state index in [1.807, 2.05) is 18.2 Å². The van der Waals surface area contributed by atoms with E-state index in [0.29, 0.717) is 35.2 Å². The average Bonchev–Trinajstić information content (AvgIpc) is 2.54. The Morgan fingerprint density at radius 1 is 1.36 bits per heavy atom. The zero-order valence-electron chi connectivity index (χ0n) is 14.5. The standard InChI is InChI=1S/C17H22BrN5O2/c1-9(2)6-7-25-13-5-4-11(18)8-12(13)15-14(16(24)23-20)10(3)21-17(19)22-15/h4-5,8-9H,6-7,20H2,1-3H3,(H,23,24)(H2,19,21,22). The van der Waals surface area contributed by atoms with E-state index in [2.05, 4.69) is 45.2 Å². The molecule has 0 aliphatic carbocycles.